The molecule has 1 N–H and O–H groups in total. The number of nitrogens with zero attached hydrogens (tertiary/aromatic N) is 3. The van der Waals surface area contributed by atoms with Crippen molar-refractivity contribution in [2.45, 2.75) is 63.1 Å². The Balaban J connectivity index is 1.87. The van der Waals surface area contributed by atoms with Crippen LogP contribution in [0.1, 0.15) is 50.7 Å². The number of nitriles is 1. The molecule has 4 rings (SSSR count). The van der Waals surface area contributed by atoms with E-state index in [0.717, 1.165) is 17.9 Å². The summed E-state index contributed by atoms with van der Waals surface area (Å²) in [6.07, 6.45) is 3.83. The van der Waals surface area contributed by atoms with Crippen LogP contribution in [0, 0.1) is 23.0 Å². The van der Waals surface area contributed by atoms with Crippen LogP contribution < -0.4 is 5.32 Å². The Morgan fingerprint density at radius 3 is 2.43 bits per heavy atom. The van der Waals surface area contributed by atoms with E-state index in [9.17, 15) is 18.5 Å². The number of carbonyl (C=O) groups excluding carboxylic acids is 1. The first-order valence-corrected chi connectivity index (χ1v) is 16.3. The molecule has 0 bridgehead atoms. The monoisotopic (exact) mass is 638 g/mol. The van der Waals surface area contributed by atoms with E-state index in [0.29, 0.717) is 12.8 Å². The third-order valence-corrected chi connectivity index (χ3v) is 10.3. The number of benzene rings is 2. The van der Waals surface area contributed by atoms with Gasteiger partial charge in [-0.2, -0.15) is 5.26 Å². The molecule has 2 fully saturated rings. The van der Waals surface area contributed by atoms with Crippen LogP contribution in [0.3, 0.4) is 0 Å². The molecule has 0 radical (unpaired) electrons. The zero-order chi connectivity index (χ0) is 31.0. The number of allylic oxidation sites excluding steroid dienone is 1. The fraction of sp³-hybridized carbons (Fsp3) is 0.467. The number of sulfonamides is 1. The third kappa shape index (κ3) is 6.08. The summed E-state index contributed by atoms with van der Waals surface area (Å²) in [6.45, 7) is 6.27. The Bertz CT molecular complexity index is 1540. The van der Waals surface area contributed by atoms with Crippen molar-refractivity contribution in [2.75, 3.05) is 25.9 Å². The van der Waals surface area contributed by atoms with Gasteiger partial charge in [0, 0.05) is 48.2 Å². The molecular formula is C30H34Cl2F2N4O3S. The van der Waals surface area contributed by atoms with E-state index in [4.69, 9.17) is 23.2 Å². The van der Waals surface area contributed by atoms with E-state index in [1.807, 2.05) is 19.9 Å². The standard InChI is InChI=1S/C30H34Cl2F2N4O3S/c1-18(2)10-15-38-19(3)30(17-35,23-9-8-20(31)16-25(23)33)26(22-6-5-7-24(32)27(22)34)28(38)29(39)36-21-11-13-37(14-12-21)42(4,40)41/h5-10,16,19,21,26,28H,11-15H2,1-4H3,(H,36,39)/t19-,26-,28+,30+/m0/s1. The lowest BCUT2D eigenvalue weighted by Crippen LogP contribution is -2.53. The Morgan fingerprint density at radius 2 is 1.86 bits per heavy atom. The molecule has 2 aliphatic heterocycles. The van der Waals surface area contributed by atoms with Crippen LogP contribution in [0.5, 0.6) is 0 Å². The van der Waals surface area contributed by atoms with Crippen molar-refractivity contribution in [3.05, 3.63) is 80.9 Å². The summed E-state index contributed by atoms with van der Waals surface area (Å²) in [5, 5.41) is 13.9. The van der Waals surface area contributed by atoms with Crippen molar-refractivity contribution in [1.82, 2.24) is 14.5 Å². The van der Waals surface area contributed by atoms with Gasteiger partial charge in [0.2, 0.25) is 15.9 Å². The second kappa shape index (κ2) is 12.6. The largest absolute Gasteiger partial charge is 0.352 e. The molecule has 7 nitrogen and oxygen atoms in total. The Kier molecular flexibility index (Phi) is 9.70. The molecule has 2 aromatic carbocycles. The Labute approximate surface area is 256 Å². The summed E-state index contributed by atoms with van der Waals surface area (Å²) in [4.78, 5) is 16.1. The van der Waals surface area contributed by atoms with Crippen molar-refractivity contribution in [3.8, 4) is 6.07 Å². The van der Waals surface area contributed by atoms with Crippen molar-refractivity contribution >= 4 is 39.1 Å². The lowest BCUT2D eigenvalue weighted by molar-refractivity contribution is -0.127. The van der Waals surface area contributed by atoms with Gasteiger partial charge >= 0.3 is 0 Å². The highest BCUT2D eigenvalue weighted by molar-refractivity contribution is 7.88. The molecule has 0 aromatic heterocycles. The van der Waals surface area contributed by atoms with Crippen molar-refractivity contribution in [1.29, 1.82) is 5.26 Å². The topological polar surface area (TPSA) is 93.5 Å². The summed E-state index contributed by atoms with van der Waals surface area (Å²) in [7, 11) is -3.36. The van der Waals surface area contributed by atoms with Gasteiger partial charge in [0.25, 0.3) is 0 Å². The normalized spacial score (nSPS) is 25.6. The van der Waals surface area contributed by atoms with Gasteiger partial charge in [-0.05, 0) is 57.4 Å². The van der Waals surface area contributed by atoms with Crippen molar-refractivity contribution in [2.24, 2.45) is 0 Å². The molecule has 0 saturated carbocycles. The smallest absolute Gasteiger partial charge is 0.238 e. The Hall–Kier alpha value is -2.55. The number of likely N-dealkylation sites (tertiary alicyclic amines) is 1. The highest BCUT2D eigenvalue weighted by Crippen LogP contribution is 2.54. The van der Waals surface area contributed by atoms with Crippen LogP contribution in [0.25, 0.3) is 0 Å². The minimum Gasteiger partial charge on any atom is -0.352 e. The third-order valence-electron chi connectivity index (χ3n) is 8.45. The van der Waals surface area contributed by atoms with Gasteiger partial charge in [-0.25, -0.2) is 21.5 Å². The molecular weight excluding hydrogens is 605 g/mol. The second-order valence-electron chi connectivity index (χ2n) is 11.3. The summed E-state index contributed by atoms with van der Waals surface area (Å²) < 4.78 is 56.9. The first-order valence-electron chi connectivity index (χ1n) is 13.7. The molecule has 42 heavy (non-hydrogen) atoms. The predicted octanol–water partition coefficient (Wildman–Crippen LogP) is 5.40. The van der Waals surface area contributed by atoms with Crippen molar-refractivity contribution in [3.63, 3.8) is 0 Å². The molecule has 0 unspecified atom stereocenters. The number of nitrogens with one attached hydrogen (secondary N) is 1. The van der Waals surface area contributed by atoms with E-state index in [1.54, 1.807) is 17.9 Å². The molecule has 226 valence electrons. The minimum atomic E-state index is -3.36. The fourth-order valence-electron chi connectivity index (χ4n) is 6.30. The first kappa shape index (κ1) is 32.4. The zero-order valence-corrected chi connectivity index (χ0v) is 26.2. The molecule has 4 atom stereocenters. The average molecular weight is 640 g/mol. The van der Waals surface area contributed by atoms with Gasteiger partial charge in [0.05, 0.1) is 23.4 Å². The maximum atomic E-state index is 15.9. The van der Waals surface area contributed by atoms with Crippen LogP contribution in [-0.2, 0) is 20.2 Å². The molecule has 2 aromatic rings. The van der Waals surface area contributed by atoms with Crippen LogP contribution in [0.15, 0.2) is 48.0 Å². The number of piperidine rings is 1. The highest BCUT2D eigenvalue weighted by Gasteiger charge is 2.63. The molecule has 1 amide bonds. The van der Waals surface area contributed by atoms with E-state index >= 15 is 8.78 Å². The number of carbonyl (C=O) groups is 1. The molecule has 0 aliphatic carbocycles. The SMILES string of the molecule is CC(C)=CCN1[C@@H](C)[C@](C#N)(c2ccc(Cl)cc2F)[C@@H](c2cccc(Cl)c2F)[C@@H]1C(=O)NC1CCN(S(C)(=O)=O)CC1. The predicted molar refractivity (Wildman–Crippen MR) is 160 cm³/mol. The highest BCUT2D eigenvalue weighted by atomic mass is 35.5. The quantitative estimate of drug-likeness (QED) is 0.410. The number of rotatable bonds is 7. The van der Waals surface area contributed by atoms with Gasteiger partial charge in [0.1, 0.15) is 17.0 Å². The lowest BCUT2D eigenvalue weighted by Gasteiger charge is -2.35. The fourth-order valence-corrected chi connectivity index (χ4v) is 7.51. The van der Waals surface area contributed by atoms with Gasteiger partial charge < -0.3 is 5.32 Å². The van der Waals surface area contributed by atoms with Crippen LogP contribution in [0.2, 0.25) is 10.0 Å². The number of halogens is 4. The molecule has 2 heterocycles. The second-order valence-corrected chi connectivity index (χ2v) is 14.1. The number of amides is 1. The van der Waals surface area contributed by atoms with E-state index in [-0.39, 0.29) is 46.8 Å². The van der Waals surface area contributed by atoms with Crippen LogP contribution in [-0.4, -0.2) is 67.5 Å². The number of hydrogen-bond acceptors (Lipinski definition) is 5. The first-order chi connectivity index (χ1) is 19.7. The summed E-state index contributed by atoms with van der Waals surface area (Å²) in [6, 6.07) is 8.54. The van der Waals surface area contributed by atoms with E-state index in [2.05, 4.69) is 11.4 Å². The summed E-state index contributed by atoms with van der Waals surface area (Å²) in [5.74, 6) is -3.14. The minimum absolute atomic E-state index is 0.00485. The van der Waals surface area contributed by atoms with Gasteiger partial charge in [-0.3, -0.25) is 9.69 Å². The van der Waals surface area contributed by atoms with Crippen LogP contribution in [0.4, 0.5) is 8.78 Å². The maximum Gasteiger partial charge on any atom is 0.238 e. The van der Waals surface area contributed by atoms with Gasteiger partial charge in [0.15, 0.2) is 0 Å². The van der Waals surface area contributed by atoms with E-state index in [1.165, 1.54) is 28.6 Å². The van der Waals surface area contributed by atoms with Crippen LogP contribution >= 0.6 is 23.2 Å². The molecule has 12 heteroatoms. The lowest BCUT2D eigenvalue weighted by atomic mass is 9.65. The van der Waals surface area contributed by atoms with Gasteiger partial charge in [-0.15, -0.1) is 0 Å². The maximum absolute atomic E-state index is 15.9. The van der Waals surface area contributed by atoms with Crippen molar-refractivity contribution < 1.29 is 22.0 Å². The zero-order valence-electron chi connectivity index (χ0n) is 23.9. The summed E-state index contributed by atoms with van der Waals surface area (Å²) >= 11 is 12.3. The summed E-state index contributed by atoms with van der Waals surface area (Å²) in [5.41, 5.74) is -0.716. The average Bonchev–Trinajstić information content (AvgIpc) is 3.17. The van der Waals surface area contributed by atoms with E-state index < -0.39 is 51.0 Å². The molecule has 2 saturated heterocycles. The number of hydrogen-bond donors (Lipinski definition) is 1. The Morgan fingerprint density at radius 1 is 1.19 bits per heavy atom. The van der Waals surface area contributed by atoms with Gasteiger partial charge in [-0.1, -0.05) is 53.1 Å². The molecule has 2 aliphatic rings. The molecule has 0 spiro atoms.